The van der Waals surface area contributed by atoms with Crippen LogP contribution in [0.5, 0.6) is 0 Å². The molecule has 0 atom stereocenters. The molecular formula is C15H10N4O2S2. The standard InChI is InChI=1S/C15H10N4O2S2/c20-23(21,13-7-3-6-12-14(13)18-22-17-12)19-15-11-5-2-1-4-10(11)8-9-16-15/h1-9H,(H,16,19). The fourth-order valence-electron chi connectivity index (χ4n) is 2.38. The third-order valence-corrected chi connectivity index (χ3v) is 5.36. The minimum absolute atomic E-state index is 0.0958. The third kappa shape index (κ3) is 2.41. The number of hydrogen-bond donors (Lipinski definition) is 1. The number of hydrogen-bond acceptors (Lipinski definition) is 6. The van der Waals surface area contributed by atoms with E-state index in [1.807, 2.05) is 30.3 Å². The molecule has 0 aliphatic heterocycles. The normalized spacial score (nSPS) is 11.8. The van der Waals surface area contributed by atoms with E-state index in [1.165, 1.54) is 6.07 Å². The molecule has 4 rings (SSSR count). The molecule has 0 fully saturated rings. The summed E-state index contributed by atoms with van der Waals surface area (Å²) in [4.78, 5) is 4.26. The number of benzene rings is 2. The summed E-state index contributed by atoms with van der Waals surface area (Å²) >= 11 is 0.984. The lowest BCUT2D eigenvalue weighted by atomic mass is 10.2. The van der Waals surface area contributed by atoms with Crippen LogP contribution in [-0.4, -0.2) is 22.1 Å². The molecule has 2 heterocycles. The summed E-state index contributed by atoms with van der Waals surface area (Å²) in [5.74, 6) is 0.295. The van der Waals surface area contributed by atoms with Gasteiger partial charge in [0.2, 0.25) is 0 Å². The highest BCUT2D eigenvalue weighted by Crippen LogP contribution is 2.26. The van der Waals surface area contributed by atoms with Gasteiger partial charge in [0.1, 0.15) is 21.7 Å². The maximum atomic E-state index is 12.7. The van der Waals surface area contributed by atoms with Gasteiger partial charge in [-0.25, -0.2) is 13.4 Å². The molecule has 2 aromatic carbocycles. The van der Waals surface area contributed by atoms with Crippen LogP contribution < -0.4 is 4.72 Å². The highest BCUT2D eigenvalue weighted by Gasteiger charge is 2.21. The van der Waals surface area contributed by atoms with Crippen LogP contribution >= 0.6 is 11.7 Å². The second kappa shape index (κ2) is 5.25. The first kappa shape index (κ1) is 14.0. The van der Waals surface area contributed by atoms with Gasteiger partial charge in [0.05, 0.1) is 11.7 Å². The van der Waals surface area contributed by atoms with Crippen LogP contribution in [0, 0.1) is 0 Å². The lowest BCUT2D eigenvalue weighted by molar-refractivity contribution is 0.602. The van der Waals surface area contributed by atoms with E-state index in [4.69, 9.17) is 0 Å². The fourth-order valence-corrected chi connectivity index (χ4v) is 4.18. The number of rotatable bonds is 3. The smallest absolute Gasteiger partial charge is 0.263 e. The zero-order chi connectivity index (χ0) is 15.9. The highest BCUT2D eigenvalue weighted by atomic mass is 32.2. The average molecular weight is 342 g/mol. The van der Waals surface area contributed by atoms with E-state index in [-0.39, 0.29) is 4.90 Å². The van der Waals surface area contributed by atoms with Crippen LogP contribution in [0.3, 0.4) is 0 Å². The third-order valence-electron chi connectivity index (χ3n) is 3.44. The minimum atomic E-state index is -3.81. The number of anilines is 1. The summed E-state index contributed by atoms with van der Waals surface area (Å²) < 4.78 is 36.2. The van der Waals surface area contributed by atoms with Gasteiger partial charge in [0.25, 0.3) is 10.0 Å². The summed E-state index contributed by atoms with van der Waals surface area (Å²) in [5, 5.41) is 1.65. The second-order valence-corrected chi connectivity index (χ2v) is 7.05. The number of aromatic nitrogens is 3. The minimum Gasteiger partial charge on any atom is -0.263 e. The van der Waals surface area contributed by atoms with E-state index in [2.05, 4.69) is 18.5 Å². The maximum Gasteiger partial charge on any atom is 0.265 e. The molecule has 0 saturated carbocycles. The van der Waals surface area contributed by atoms with Crippen molar-refractivity contribution in [2.75, 3.05) is 4.72 Å². The Balaban J connectivity index is 1.85. The van der Waals surface area contributed by atoms with Crippen molar-refractivity contribution >= 4 is 49.4 Å². The Morgan fingerprint density at radius 1 is 0.957 bits per heavy atom. The van der Waals surface area contributed by atoms with E-state index in [0.29, 0.717) is 16.9 Å². The molecule has 0 aliphatic rings. The van der Waals surface area contributed by atoms with Gasteiger partial charge in [0, 0.05) is 11.6 Å². The summed E-state index contributed by atoms with van der Waals surface area (Å²) in [6.45, 7) is 0. The molecule has 0 saturated heterocycles. The number of fused-ring (bicyclic) bond motifs is 2. The van der Waals surface area contributed by atoms with Crippen molar-refractivity contribution in [3.63, 3.8) is 0 Å². The van der Waals surface area contributed by atoms with Gasteiger partial charge < -0.3 is 0 Å². The second-order valence-electron chi connectivity index (χ2n) is 4.87. The average Bonchev–Trinajstić information content (AvgIpc) is 3.03. The van der Waals surface area contributed by atoms with Crippen molar-refractivity contribution < 1.29 is 8.42 Å². The molecule has 0 unspecified atom stereocenters. The topological polar surface area (TPSA) is 84.8 Å². The largest absolute Gasteiger partial charge is 0.265 e. The number of nitrogens with one attached hydrogen (secondary N) is 1. The molecular weight excluding hydrogens is 332 g/mol. The van der Waals surface area contributed by atoms with Gasteiger partial charge in [0.15, 0.2) is 0 Å². The van der Waals surface area contributed by atoms with Crippen LogP contribution in [-0.2, 0) is 10.0 Å². The first-order valence-electron chi connectivity index (χ1n) is 6.73. The Kier molecular flexibility index (Phi) is 3.21. The summed E-state index contributed by atoms with van der Waals surface area (Å²) in [6, 6.07) is 14.2. The quantitative estimate of drug-likeness (QED) is 0.618. The molecule has 0 bridgehead atoms. The summed E-state index contributed by atoms with van der Waals surface area (Å²) in [6.07, 6.45) is 1.57. The Bertz CT molecular complexity index is 1120. The summed E-state index contributed by atoms with van der Waals surface area (Å²) in [5.41, 5.74) is 0.925. The van der Waals surface area contributed by atoms with E-state index >= 15 is 0 Å². The van der Waals surface area contributed by atoms with Crippen molar-refractivity contribution in [1.29, 1.82) is 0 Å². The van der Waals surface area contributed by atoms with Gasteiger partial charge in [-0.05, 0) is 23.6 Å². The predicted molar refractivity (Wildman–Crippen MR) is 90.0 cm³/mol. The van der Waals surface area contributed by atoms with Gasteiger partial charge in [-0.1, -0.05) is 30.3 Å². The van der Waals surface area contributed by atoms with Crippen molar-refractivity contribution in [3.05, 3.63) is 54.7 Å². The molecule has 0 amide bonds. The van der Waals surface area contributed by atoms with Crippen molar-refractivity contribution in [3.8, 4) is 0 Å². The summed E-state index contributed by atoms with van der Waals surface area (Å²) in [7, 11) is -3.81. The molecule has 0 aliphatic carbocycles. The van der Waals surface area contributed by atoms with E-state index < -0.39 is 10.0 Å². The molecule has 4 aromatic rings. The zero-order valence-electron chi connectivity index (χ0n) is 11.7. The zero-order valence-corrected chi connectivity index (χ0v) is 13.3. The Hall–Kier alpha value is -2.58. The number of pyridine rings is 1. The Labute approximate surface area is 136 Å². The van der Waals surface area contributed by atoms with Crippen molar-refractivity contribution in [2.45, 2.75) is 4.90 Å². The molecule has 6 nitrogen and oxygen atoms in total. The fraction of sp³-hybridized carbons (Fsp3) is 0. The molecule has 2 aromatic heterocycles. The lowest BCUT2D eigenvalue weighted by Crippen LogP contribution is -2.14. The lowest BCUT2D eigenvalue weighted by Gasteiger charge is -2.09. The monoisotopic (exact) mass is 342 g/mol. The first-order valence-corrected chi connectivity index (χ1v) is 8.94. The SMILES string of the molecule is O=S(=O)(Nc1nccc2ccccc12)c1cccc2nsnc12. The Morgan fingerprint density at radius 2 is 1.83 bits per heavy atom. The van der Waals surface area contributed by atoms with Crippen molar-refractivity contribution in [2.24, 2.45) is 0 Å². The first-order chi connectivity index (χ1) is 11.1. The highest BCUT2D eigenvalue weighted by molar-refractivity contribution is 7.93. The van der Waals surface area contributed by atoms with E-state index in [9.17, 15) is 8.42 Å². The molecule has 1 N–H and O–H groups in total. The van der Waals surface area contributed by atoms with Crippen molar-refractivity contribution in [1.82, 2.24) is 13.7 Å². The predicted octanol–water partition coefficient (Wildman–Crippen LogP) is 3.04. The maximum absolute atomic E-state index is 12.7. The van der Waals surface area contributed by atoms with Gasteiger partial charge in [-0.15, -0.1) is 0 Å². The van der Waals surface area contributed by atoms with Crippen LogP contribution in [0.15, 0.2) is 59.6 Å². The molecule has 114 valence electrons. The molecule has 23 heavy (non-hydrogen) atoms. The molecule has 8 heteroatoms. The van der Waals surface area contributed by atoms with Crippen LogP contribution in [0.4, 0.5) is 5.82 Å². The molecule has 0 radical (unpaired) electrons. The van der Waals surface area contributed by atoms with E-state index in [1.54, 1.807) is 18.3 Å². The van der Waals surface area contributed by atoms with Crippen LogP contribution in [0.1, 0.15) is 0 Å². The van der Waals surface area contributed by atoms with Gasteiger partial charge in [-0.2, -0.15) is 8.75 Å². The molecule has 0 spiro atoms. The van der Waals surface area contributed by atoms with Gasteiger partial charge >= 0.3 is 0 Å². The van der Waals surface area contributed by atoms with Crippen LogP contribution in [0.2, 0.25) is 0 Å². The van der Waals surface area contributed by atoms with Crippen LogP contribution in [0.25, 0.3) is 21.8 Å². The van der Waals surface area contributed by atoms with E-state index in [0.717, 1.165) is 22.5 Å². The number of nitrogens with zero attached hydrogens (tertiary/aromatic N) is 3. The Morgan fingerprint density at radius 3 is 2.74 bits per heavy atom. The number of sulfonamides is 1. The van der Waals surface area contributed by atoms with Gasteiger partial charge in [-0.3, -0.25) is 4.72 Å².